The van der Waals surface area contributed by atoms with Crippen molar-refractivity contribution in [3.05, 3.63) is 30.0 Å². The SMILES string of the molecule is CNc1cc(C(F)F)nc2c(OCC(F)(F)F)cccc12. The summed E-state index contributed by atoms with van der Waals surface area (Å²) in [6.45, 7) is -1.51. The van der Waals surface area contributed by atoms with Crippen LogP contribution in [0.4, 0.5) is 27.6 Å². The third-order valence-corrected chi connectivity index (χ3v) is 2.71. The molecule has 0 bridgehead atoms. The Morgan fingerprint density at radius 3 is 2.57 bits per heavy atom. The lowest BCUT2D eigenvalue weighted by atomic mass is 10.1. The summed E-state index contributed by atoms with van der Waals surface area (Å²) in [5.74, 6) is -0.191. The van der Waals surface area contributed by atoms with Gasteiger partial charge in [0.05, 0.1) is 0 Å². The number of pyridine rings is 1. The fourth-order valence-electron chi connectivity index (χ4n) is 1.84. The van der Waals surface area contributed by atoms with E-state index >= 15 is 0 Å². The van der Waals surface area contributed by atoms with E-state index in [0.717, 1.165) is 6.07 Å². The molecule has 2 rings (SSSR count). The lowest BCUT2D eigenvalue weighted by molar-refractivity contribution is -0.153. The van der Waals surface area contributed by atoms with Gasteiger partial charge in [-0.25, -0.2) is 13.8 Å². The maximum atomic E-state index is 12.8. The van der Waals surface area contributed by atoms with Gasteiger partial charge in [0.1, 0.15) is 17.0 Å². The third-order valence-electron chi connectivity index (χ3n) is 2.71. The van der Waals surface area contributed by atoms with Crippen LogP contribution in [0.1, 0.15) is 12.1 Å². The summed E-state index contributed by atoms with van der Waals surface area (Å²) < 4.78 is 66.9. The van der Waals surface area contributed by atoms with Crippen LogP contribution in [0.2, 0.25) is 0 Å². The van der Waals surface area contributed by atoms with Gasteiger partial charge in [0, 0.05) is 18.1 Å². The van der Waals surface area contributed by atoms with Crippen molar-refractivity contribution in [1.82, 2.24) is 4.98 Å². The number of alkyl halides is 5. The molecular formula is C13H11F5N2O. The normalized spacial score (nSPS) is 12.0. The first-order valence-corrected chi connectivity index (χ1v) is 5.91. The minimum Gasteiger partial charge on any atom is -0.482 e. The van der Waals surface area contributed by atoms with E-state index < -0.39 is 24.9 Å². The number of nitrogens with zero attached hydrogens (tertiary/aromatic N) is 1. The van der Waals surface area contributed by atoms with Crippen molar-refractivity contribution in [2.24, 2.45) is 0 Å². The molecule has 0 spiro atoms. The molecule has 0 atom stereocenters. The van der Waals surface area contributed by atoms with Crippen molar-refractivity contribution >= 4 is 16.6 Å². The molecule has 0 saturated carbocycles. The van der Waals surface area contributed by atoms with Crippen LogP contribution in [0, 0.1) is 0 Å². The number of halogens is 5. The Labute approximate surface area is 116 Å². The Bertz CT molecular complexity index is 642. The average molecular weight is 306 g/mol. The van der Waals surface area contributed by atoms with Gasteiger partial charge in [-0.15, -0.1) is 0 Å². The average Bonchev–Trinajstić information content (AvgIpc) is 2.42. The van der Waals surface area contributed by atoms with E-state index in [1.165, 1.54) is 19.2 Å². The second kappa shape index (κ2) is 5.71. The van der Waals surface area contributed by atoms with Crippen LogP contribution in [0.25, 0.3) is 10.9 Å². The molecule has 1 N–H and O–H groups in total. The minimum absolute atomic E-state index is 0.0381. The molecule has 0 radical (unpaired) electrons. The zero-order valence-corrected chi connectivity index (χ0v) is 10.8. The predicted octanol–water partition coefficient (Wildman–Crippen LogP) is 4.16. The van der Waals surface area contributed by atoms with Crippen molar-refractivity contribution in [1.29, 1.82) is 0 Å². The predicted molar refractivity (Wildman–Crippen MR) is 67.8 cm³/mol. The lowest BCUT2D eigenvalue weighted by Gasteiger charge is -2.14. The molecule has 0 unspecified atom stereocenters. The van der Waals surface area contributed by atoms with Gasteiger partial charge in [0.15, 0.2) is 6.61 Å². The number of rotatable bonds is 4. The number of hydrogen-bond donors (Lipinski definition) is 1. The molecule has 1 aromatic heterocycles. The van der Waals surface area contributed by atoms with Crippen molar-refractivity contribution < 1.29 is 26.7 Å². The summed E-state index contributed by atoms with van der Waals surface area (Å²) in [7, 11) is 1.52. The van der Waals surface area contributed by atoms with Crippen molar-refractivity contribution in [3.8, 4) is 5.75 Å². The van der Waals surface area contributed by atoms with Crippen LogP contribution in [0.15, 0.2) is 24.3 Å². The molecule has 2 aromatic rings. The molecule has 0 amide bonds. The highest BCUT2D eigenvalue weighted by atomic mass is 19.4. The molecule has 0 saturated heterocycles. The minimum atomic E-state index is -4.52. The summed E-state index contributed by atoms with van der Waals surface area (Å²) in [4.78, 5) is 3.70. The number of aromatic nitrogens is 1. The summed E-state index contributed by atoms with van der Waals surface area (Å²) in [5, 5.41) is 3.12. The van der Waals surface area contributed by atoms with E-state index in [1.54, 1.807) is 6.07 Å². The molecule has 1 aromatic carbocycles. The Kier molecular flexibility index (Phi) is 4.15. The van der Waals surface area contributed by atoms with E-state index in [4.69, 9.17) is 0 Å². The number of fused-ring (bicyclic) bond motifs is 1. The van der Waals surface area contributed by atoms with Gasteiger partial charge in [0.25, 0.3) is 6.43 Å². The Morgan fingerprint density at radius 1 is 1.29 bits per heavy atom. The van der Waals surface area contributed by atoms with Gasteiger partial charge >= 0.3 is 6.18 Å². The Hall–Kier alpha value is -2.12. The Balaban J connectivity index is 2.53. The first kappa shape index (κ1) is 15.3. The monoisotopic (exact) mass is 306 g/mol. The van der Waals surface area contributed by atoms with Crippen LogP contribution in [0.5, 0.6) is 5.75 Å². The van der Waals surface area contributed by atoms with Crippen LogP contribution >= 0.6 is 0 Å². The molecule has 3 nitrogen and oxygen atoms in total. The number of hydrogen-bond acceptors (Lipinski definition) is 3. The highest BCUT2D eigenvalue weighted by Crippen LogP contribution is 2.33. The first-order chi connectivity index (χ1) is 9.81. The smallest absolute Gasteiger partial charge is 0.422 e. The number of ether oxygens (including phenoxy) is 1. The first-order valence-electron chi connectivity index (χ1n) is 5.91. The van der Waals surface area contributed by atoms with E-state index in [0.29, 0.717) is 11.1 Å². The lowest BCUT2D eigenvalue weighted by Crippen LogP contribution is -2.19. The van der Waals surface area contributed by atoms with Crippen LogP contribution in [-0.2, 0) is 0 Å². The maximum absolute atomic E-state index is 12.8. The number of para-hydroxylation sites is 1. The van der Waals surface area contributed by atoms with Gasteiger partial charge < -0.3 is 10.1 Å². The molecule has 0 fully saturated rings. The third kappa shape index (κ3) is 3.50. The summed E-state index contributed by atoms with van der Waals surface area (Å²) in [6.07, 6.45) is -7.36. The van der Waals surface area contributed by atoms with Gasteiger partial charge in [-0.05, 0) is 12.1 Å². The van der Waals surface area contributed by atoms with Gasteiger partial charge in [-0.1, -0.05) is 12.1 Å². The number of benzene rings is 1. The molecule has 114 valence electrons. The molecular weight excluding hydrogens is 295 g/mol. The second-order valence-corrected chi connectivity index (χ2v) is 4.20. The van der Waals surface area contributed by atoms with Crippen molar-refractivity contribution in [2.45, 2.75) is 12.6 Å². The molecule has 0 aliphatic carbocycles. The largest absolute Gasteiger partial charge is 0.482 e. The van der Waals surface area contributed by atoms with Crippen molar-refractivity contribution in [3.63, 3.8) is 0 Å². The van der Waals surface area contributed by atoms with Gasteiger partial charge in [0.2, 0.25) is 0 Å². The van der Waals surface area contributed by atoms with Gasteiger partial charge in [-0.2, -0.15) is 13.2 Å². The topological polar surface area (TPSA) is 34.2 Å². The van der Waals surface area contributed by atoms with Gasteiger partial charge in [-0.3, -0.25) is 0 Å². The summed E-state index contributed by atoms with van der Waals surface area (Å²) in [6, 6.07) is 5.44. The quantitative estimate of drug-likeness (QED) is 0.861. The second-order valence-electron chi connectivity index (χ2n) is 4.20. The fraction of sp³-hybridized carbons (Fsp3) is 0.308. The molecule has 21 heavy (non-hydrogen) atoms. The zero-order valence-electron chi connectivity index (χ0n) is 10.8. The van der Waals surface area contributed by atoms with E-state index in [-0.39, 0.29) is 11.3 Å². The molecule has 0 aliphatic heterocycles. The molecule has 8 heteroatoms. The summed E-state index contributed by atoms with van der Waals surface area (Å²) in [5.41, 5.74) is -0.230. The van der Waals surface area contributed by atoms with Crippen LogP contribution in [0.3, 0.4) is 0 Å². The Morgan fingerprint density at radius 2 is 2.00 bits per heavy atom. The maximum Gasteiger partial charge on any atom is 0.422 e. The molecule has 0 aliphatic rings. The van der Waals surface area contributed by atoms with E-state index in [1.807, 2.05) is 0 Å². The standard InChI is InChI=1S/C13H11F5N2O/c1-19-8-5-9(12(14)15)20-11-7(8)3-2-4-10(11)21-6-13(16,17)18/h2-5,12H,6H2,1H3,(H,19,20). The van der Waals surface area contributed by atoms with E-state index in [9.17, 15) is 22.0 Å². The van der Waals surface area contributed by atoms with Crippen molar-refractivity contribution in [2.75, 3.05) is 19.0 Å². The highest BCUT2D eigenvalue weighted by Gasteiger charge is 2.29. The molecule has 1 heterocycles. The highest BCUT2D eigenvalue weighted by molar-refractivity contribution is 5.95. The zero-order chi connectivity index (χ0) is 15.6. The van der Waals surface area contributed by atoms with Crippen LogP contribution < -0.4 is 10.1 Å². The van der Waals surface area contributed by atoms with Crippen LogP contribution in [-0.4, -0.2) is 24.8 Å². The summed E-state index contributed by atoms with van der Waals surface area (Å²) >= 11 is 0. The van der Waals surface area contributed by atoms with E-state index in [2.05, 4.69) is 15.0 Å². The number of anilines is 1. The number of nitrogens with one attached hydrogen (secondary N) is 1. The fourth-order valence-corrected chi connectivity index (χ4v) is 1.84.